The number of ether oxygens (including phenoxy) is 1. The lowest BCUT2D eigenvalue weighted by Crippen LogP contribution is -2.45. The number of fused-ring (bicyclic) bond motifs is 5. The van der Waals surface area contributed by atoms with Gasteiger partial charge in [-0.25, -0.2) is 0 Å². The van der Waals surface area contributed by atoms with Crippen LogP contribution in [-0.4, -0.2) is 48.2 Å². The lowest BCUT2D eigenvalue weighted by atomic mass is 9.60. The number of allylic oxidation sites excluding steroid dienone is 3. The van der Waals surface area contributed by atoms with Gasteiger partial charge in [0.15, 0.2) is 0 Å². The smallest absolute Gasteiger partial charge is 0.237 e. The summed E-state index contributed by atoms with van der Waals surface area (Å²) in [6.45, 7) is 6.58. The summed E-state index contributed by atoms with van der Waals surface area (Å²) in [7, 11) is 0. The van der Waals surface area contributed by atoms with Crippen molar-refractivity contribution in [3.05, 3.63) is 24.8 Å². The fourth-order valence-corrected chi connectivity index (χ4v) is 4.73. The Morgan fingerprint density at radius 1 is 1.50 bits per heavy atom. The molecule has 2 bridgehead atoms. The van der Waals surface area contributed by atoms with Crippen LogP contribution in [0.15, 0.2) is 24.8 Å². The molecule has 0 spiro atoms. The summed E-state index contributed by atoms with van der Waals surface area (Å²) < 4.78 is 5.22. The Hall–Kier alpha value is -1.46. The molecule has 120 valence electrons. The Morgan fingerprint density at radius 3 is 2.95 bits per heavy atom. The number of hydrogen-bond acceptors (Lipinski definition) is 4. The maximum absolute atomic E-state index is 13.1. The van der Waals surface area contributed by atoms with Gasteiger partial charge in [0, 0.05) is 5.41 Å². The van der Waals surface area contributed by atoms with Gasteiger partial charge in [0.25, 0.3) is 0 Å². The molecule has 0 aromatic carbocycles. The topological polar surface area (TPSA) is 66.8 Å². The quantitative estimate of drug-likeness (QED) is 0.435. The molecule has 1 N–H and O–H groups in total. The lowest BCUT2D eigenvalue weighted by Gasteiger charge is -2.39. The van der Waals surface area contributed by atoms with Crippen LogP contribution in [0.4, 0.5) is 0 Å². The molecule has 3 aliphatic rings. The monoisotopic (exact) mass is 305 g/mol. The number of rotatable bonds is 7. The van der Waals surface area contributed by atoms with E-state index in [1.54, 1.807) is 6.08 Å². The van der Waals surface area contributed by atoms with Crippen LogP contribution < -0.4 is 0 Å². The van der Waals surface area contributed by atoms with E-state index in [0.29, 0.717) is 6.42 Å². The predicted molar refractivity (Wildman–Crippen MR) is 80.7 cm³/mol. The Bertz CT molecular complexity index is 543. The van der Waals surface area contributed by atoms with Gasteiger partial charge in [-0.2, -0.15) is 0 Å². The van der Waals surface area contributed by atoms with Crippen molar-refractivity contribution in [3.63, 3.8) is 0 Å². The molecule has 22 heavy (non-hydrogen) atoms. The molecule has 1 heterocycles. The van der Waals surface area contributed by atoms with Crippen molar-refractivity contribution in [1.29, 1.82) is 0 Å². The molecule has 2 aliphatic carbocycles. The summed E-state index contributed by atoms with van der Waals surface area (Å²) in [5.41, 5.74) is -0.924. The van der Waals surface area contributed by atoms with Crippen LogP contribution in [0.2, 0.25) is 0 Å². The highest BCUT2D eigenvalue weighted by Crippen LogP contribution is 2.68. The van der Waals surface area contributed by atoms with E-state index in [1.165, 1.54) is 4.90 Å². The first-order chi connectivity index (χ1) is 10.5. The van der Waals surface area contributed by atoms with Crippen molar-refractivity contribution >= 4 is 11.8 Å². The largest absolute Gasteiger partial charge is 0.394 e. The number of carbonyl (C=O) groups excluding carboxylic acids is 2. The van der Waals surface area contributed by atoms with E-state index in [0.717, 1.165) is 6.42 Å². The molecule has 0 radical (unpaired) electrons. The molecule has 2 amide bonds. The second kappa shape index (κ2) is 5.32. The predicted octanol–water partition coefficient (Wildman–Crippen LogP) is 1.14. The van der Waals surface area contributed by atoms with Gasteiger partial charge in [-0.3, -0.25) is 14.5 Å². The zero-order valence-electron chi connectivity index (χ0n) is 13.0. The molecular weight excluding hydrogens is 282 g/mol. The van der Waals surface area contributed by atoms with Crippen molar-refractivity contribution in [3.8, 4) is 0 Å². The molecule has 5 heteroatoms. The number of imide groups is 1. The van der Waals surface area contributed by atoms with Crippen LogP contribution in [-0.2, 0) is 14.3 Å². The number of likely N-dealkylation sites (tertiary alicyclic amines) is 1. The highest BCUT2D eigenvalue weighted by atomic mass is 16.5. The van der Waals surface area contributed by atoms with Crippen molar-refractivity contribution in [1.82, 2.24) is 4.90 Å². The first-order valence-electron chi connectivity index (χ1n) is 7.86. The minimum absolute atomic E-state index is 0.0605. The molecule has 1 saturated heterocycles. The summed E-state index contributed by atoms with van der Waals surface area (Å²) in [4.78, 5) is 27.3. The van der Waals surface area contributed by atoms with Gasteiger partial charge in [0.05, 0.1) is 37.7 Å². The van der Waals surface area contributed by atoms with Crippen molar-refractivity contribution in [2.45, 2.75) is 19.8 Å². The SMILES string of the molecule is C=CCC12C(=O)N(CCOCCO)C(=O)C1C1C=CC2(C)C1. The fourth-order valence-electron chi connectivity index (χ4n) is 4.73. The van der Waals surface area contributed by atoms with E-state index in [9.17, 15) is 9.59 Å². The third kappa shape index (κ3) is 1.78. The number of hydrogen-bond donors (Lipinski definition) is 1. The summed E-state index contributed by atoms with van der Waals surface area (Å²) in [5.74, 6) is -0.252. The number of aliphatic hydroxyl groups excluding tert-OH is 1. The van der Waals surface area contributed by atoms with E-state index < -0.39 is 5.41 Å². The minimum atomic E-state index is -0.664. The van der Waals surface area contributed by atoms with Crippen LogP contribution in [0.25, 0.3) is 0 Å². The second-order valence-corrected chi connectivity index (χ2v) is 6.72. The first-order valence-corrected chi connectivity index (χ1v) is 7.86. The second-order valence-electron chi connectivity index (χ2n) is 6.72. The summed E-state index contributed by atoms with van der Waals surface area (Å²) in [6, 6.07) is 0. The molecule has 4 atom stereocenters. The standard InChI is InChI=1S/C17H23NO4/c1-3-5-17-13(12-4-6-16(17,2)11-12)14(20)18(15(17)21)7-9-22-10-8-19/h3-4,6,12-13,19H,1,5,7-11H2,2H3. The fraction of sp³-hybridized carbons (Fsp3) is 0.647. The minimum Gasteiger partial charge on any atom is -0.394 e. The maximum atomic E-state index is 13.1. The molecule has 1 aliphatic heterocycles. The van der Waals surface area contributed by atoms with Gasteiger partial charge >= 0.3 is 0 Å². The van der Waals surface area contributed by atoms with Crippen LogP contribution >= 0.6 is 0 Å². The van der Waals surface area contributed by atoms with E-state index >= 15 is 0 Å². The third-order valence-corrected chi connectivity index (χ3v) is 5.67. The molecule has 1 saturated carbocycles. The third-order valence-electron chi connectivity index (χ3n) is 5.67. The molecule has 4 unspecified atom stereocenters. The molecule has 0 aromatic rings. The molecule has 5 nitrogen and oxygen atoms in total. The first kappa shape index (κ1) is 15.4. The van der Waals surface area contributed by atoms with Crippen molar-refractivity contribution < 1.29 is 19.4 Å². The number of aliphatic hydroxyl groups is 1. The van der Waals surface area contributed by atoms with Gasteiger partial charge in [0.1, 0.15) is 0 Å². The Balaban J connectivity index is 1.87. The zero-order chi connectivity index (χ0) is 16.0. The zero-order valence-corrected chi connectivity index (χ0v) is 13.0. The van der Waals surface area contributed by atoms with Gasteiger partial charge in [0.2, 0.25) is 11.8 Å². The average molecular weight is 305 g/mol. The van der Waals surface area contributed by atoms with Gasteiger partial charge in [-0.05, 0) is 18.8 Å². The lowest BCUT2D eigenvalue weighted by molar-refractivity contribution is -0.144. The van der Waals surface area contributed by atoms with E-state index in [1.807, 2.05) is 0 Å². The van der Waals surface area contributed by atoms with Gasteiger partial charge < -0.3 is 9.84 Å². The van der Waals surface area contributed by atoms with Crippen LogP contribution in [0.5, 0.6) is 0 Å². The highest BCUT2D eigenvalue weighted by Gasteiger charge is 2.73. The Labute approximate surface area is 130 Å². The van der Waals surface area contributed by atoms with Crippen LogP contribution in [0.1, 0.15) is 19.8 Å². The summed E-state index contributed by atoms with van der Waals surface area (Å²) >= 11 is 0. The maximum Gasteiger partial charge on any atom is 0.237 e. The van der Waals surface area contributed by atoms with E-state index in [2.05, 4.69) is 25.7 Å². The van der Waals surface area contributed by atoms with E-state index in [4.69, 9.17) is 9.84 Å². The van der Waals surface area contributed by atoms with Crippen molar-refractivity contribution in [2.75, 3.05) is 26.4 Å². The number of amides is 2. The molecule has 0 aromatic heterocycles. The highest BCUT2D eigenvalue weighted by molar-refractivity contribution is 6.09. The Kier molecular flexibility index (Phi) is 3.73. The molecular formula is C17H23NO4. The number of nitrogens with zero attached hydrogens (tertiary/aromatic N) is 1. The van der Waals surface area contributed by atoms with E-state index in [-0.39, 0.29) is 55.4 Å². The summed E-state index contributed by atoms with van der Waals surface area (Å²) in [6.07, 6.45) is 7.40. The van der Waals surface area contributed by atoms with Crippen LogP contribution in [0, 0.1) is 22.7 Å². The normalized spacial score (nSPS) is 38.9. The van der Waals surface area contributed by atoms with Gasteiger partial charge in [-0.1, -0.05) is 25.2 Å². The Morgan fingerprint density at radius 2 is 2.27 bits per heavy atom. The number of carbonyl (C=O) groups is 2. The van der Waals surface area contributed by atoms with Crippen LogP contribution in [0.3, 0.4) is 0 Å². The van der Waals surface area contributed by atoms with Gasteiger partial charge in [-0.15, -0.1) is 6.58 Å². The molecule has 3 rings (SSSR count). The van der Waals surface area contributed by atoms with Crippen molar-refractivity contribution in [2.24, 2.45) is 22.7 Å². The molecule has 2 fully saturated rings. The summed E-state index contributed by atoms with van der Waals surface area (Å²) in [5, 5.41) is 8.72. The average Bonchev–Trinajstić information content (AvgIpc) is 3.05.